The minimum Gasteiger partial charge on any atom is -0.480 e. The lowest BCUT2D eigenvalue weighted by molar-refractivity contribution is -0.141. The first-order valence-corrected chi connectivity index (χ1v) is 6.90. The highest BCUT2D eigenvalue weighted by Gasteiger charge is 2.32. The molecule has 0 saturated carbocycles. The molecule has 3 N–H and O–H groups in total. The normalized spacial score (nSPS) is 12.8. The molecule has 0 unspecified atom stereocenters. The molecular formula is C13H20N2O3S. The first kappa shape index (κ1) is 15.5. The summed E-state index contributed by atoms with van der Waals surface area (Å²) in [6, 6.07) is 0.599. The van der Waals surface area contributed by atoms with Crippen molar-refractivity contribution in [1.29, 1.82) is 0 Å². The van der Waals surface area contributed by atoms with Gasteiger partial charge in [0.15, 0.2) is 0 Å². The van der Waals surface area contributed by atoms with E-state index in [0.29, 0.717) is 6.54 Å². The largest absolute Gasteiger partial charge is 0.480 e. The summed E-state index contributed by atoms with van der Waals surface area (Å²) >= 11 is 1.56. The number of thiophene rings is 1. The minimum absolute atomic E-state index is 0.409. The second-order valence-electron chi connectivity index (χ2n) is 5.49. The Morgan fingerprint density at radius 1 is 1.42 bits per heavy atom. The van der Waals surface area contributed by atoms with Gasteiger partial charge in [-0.2, -0.15) is 0 Å². The van der Waals surface area contributed by atoms with Gasteiger partial charge in [-0.1, -0.05) is 20.8 Å². The zero-order valence-corrected chi connectivity index (χ0v) is 12.4. The molecular weight excluding hydrogens is 264 g/mol. The molecule has 0 aliphatic rings. The smallest absolute Gasteiger partial charge is 0.326 e. The Bertz CT molecular complexity index is 463. The van der Waals surface area contributed by atoms with E-state index in [1.54, 1.807) is 32.1 Å². The zero-order chi connectivity index (χ0) is 14.6. The van der Waals surface area contributed by atoms with Gasteiger partial charge in [0.25, 0.3) is 0 Å². The van der Waals surface area contributed by atoms with Crippen LogP contribution in [0.25, 0.3) is 0 Å². The van der Waals surface area contributed by atoms with Crippen molar-refractivity contribution in [1.82, 2.24) is 10.6 Å². The van der Waals surface area contributed by atoms with Gasteiger partial charge in [0.05, 0.1) is 6.54 Å². The van der Waals surface area contributed by atoms with Crippen LogP contribution in [0.4, 0.5) is 4.79 Å². The maximum absolute atomic E-state index is 11.7. The third kappa shape index (κ3) is 4.55. The maximum Gasteiger partial charge on any atom is 0.326 e. The third-order valence-corrected chi connectivity index (χ3v) is 3.79. The molecule has 1 aromatic rings. The number of amides is 2. The highest BCUT2D eigenvalue weighted by atomic mass is 32.1. The third-order valence-electron chi connectivity index (χ3n) is 2.77. The SMILES string of the molecule is Cc1ccsc1CNC(=O)N[C@@H](C(=O)O)C(C)(C)C. The van der Waals surface area contributed by atoms with Crippen molar-refractivity contribution in [3.63, 3.8) is 0 Å². The standard InChI is InChI=1S/C13H20N2O3S/c1-8-5-6-19-9(8)7-14-12(18)15-10(11(16)17)13(2,3)4/h5-6,10H,7H2,1-4H3,(H,16,17)(H2,14,15,18)/t10-/m0/s1. The Labute approximate surface area is 117 Å². The van der Waals surface area contributed by atoms with Crippen LogP contribution in [0.1, 0.15) is 31.2 Å². The summed E-state index contributed by atoms with van der Waals surface area (Å²) in [6.07, 6.45) is 0. The van der Waals surface area contributed by atoms with Crippen molar-refractivity contribution in [2.75, 3.05) is 0 Å². The number of carboxylic acid groups (broad SMARTS) is 1. The van der Waals surface area contributed by atoms with Crippen LogP contribution >= 0.6 is 11.3 Å². The molecule has 5 nitrogen and oxygen atoms in total. The molecule has 1 aromatic heterocycles. The Balaban J connectivity index is 2.55. The Morgan fingerprint density at radius 3 is 2.47 bits per heavy atom. The van der Waals surface area contributed by atoms with Gasteiger partial charge in [-0.05, 0) is 29.3 Å². The van der Waals surface area contributed by atoms with Gasteiger partial charge in [-0.15, -0.1) is 11.3 Å². The molecule has 0 aliphatic carbocycles. The molecule has 0 saturated heterocycles. The number of nitrogens with one attached hydrogen (secondary N) is 2. The van der Waals surface area contributed by atoms with E-state index in [1.807, 2.05) is 18.4 Å². The van der Waals surface area contributed by atoms with Gasteiger partial charge in [0.1, 0.15) is 6.04 Å². The second-order valence-corrected chi connectivity index (χ2v) is 6.49. The molecule has 2 amide bonds. The number of aryl methyl sites for hydroxylation is 1. The van der Waals surface area contributed by atoms with E-state index >= 15 is 0 Å². The number of carbonyl (C=O) groups excluding carboxylic acids is 1. The topological polar surface area (TPSA) is 78.4 Å². The monoisotopic (exact) mass is 284 g/mol. The molecule has 0 fully saturated rings. The van der Waals surface area contributed by atoms with Crippen molar-refractivity contribution in [2.45, 2.75) is 40.3 Å². The van der Waals surface area contributed by atoms with Crippen molar-refractivity contribution < 1.29 is 14.7 Å². The number of urea groups is 1. The molecule has 1 rings (SSSR count). The lowest BCUT2D eigenvalue weighted by Crippen LogP contribution is -2.52. The van der Waals surface area contributed by atoms with E-state index in [2.05, 4.69) is 10.6 Å². The van der Waals surface area contributed by atoms with E-state index in [9.17, 15) is 9.59 Å². The highest BCUT2D eigenvalue weighted by molar-refractivity contribution is 7.10. The molecule has 0 radical (unpaired) electrons. The Hall–Kier alpha value is -1.56. The predicted molar refractivity (Wildman–Crippen MR) is 75.3 cm³/mol. The number of rotatable bonds is 4. The van der Waals surface area contributed by atoms with Crippen LogP contribution < -0.4 is 10.6 Å². The molecule has 0 aliphatic heterocycles. The summed E-state index contributed by atoms with van der Waals surface area (Å²) in [7, 11) is 0. The van der Waals surface area contributed by atoms with Crippen molar-refractivity contribution in [3.05, 3.63) is 21.9 Å². The molecule has 106 valence electrons. The zero-order valence-electron chi connectivity index (χ0n) is 11.6. The fraction of sp³-hybridized carbons (Fsp3) is 0.538. The highest BCUT2D eigenvalue weighted by Crippen LogP contribution is 2.19. The van der Waals surface area contributed by atoms with Gasteiger partial charge in [0, 0.05) is 4.88 Å². The van der Waals surface area contributed by atoms with Gasteiger partial charge < -0.3 is 15.7 Å². The van der Waals surface area contributed by atoms with Gasteiger partial charge >= 0.3 is 12.0 Å². The molecule has 1 heterocycles. The Morgan fingerprint density at radius 2 is 2.05 bits per heavy atom. The quantitative estimate of drug-likeness (QED) is 0.794. The first-order valence-electron chi connectivity index (χ1n) is 6.02. The fourth-order valence-corrected chi connectivity index (χ4v) is 2.42. The summed E-state index contributed by atoms with van der Waals surface area (Å²) in [5.74, 6) is -1.03. The van der Waals surface area contributed by atoms with Gasteiger partial charge in [-0.25, -0.2) is 9.59 Å². The molecule has 0 bridgehead atoms. The van der Waals surface area contributed by atoms with Gasteiger partial charge in [-0.3, -0.25) is 0 Å². The minimum atomic E-state index is -1.03. The van der Waals surface area contributed by atoms with Crippen LogP contribution in [0.3, 0.4) is 0 Å². The fourth-order valence-electron chi connectivity index (χ4n) is 1.58. The summed E-state index contributed by atoms with van der Waals surface area (Å²) in [5.41, 5.74) is 0.582. The number of carbonyl (C=O) groups is 2. The summed E-state index contributed by atoms with van der Waals surface area (Å²) < 4.78 is 0. The van der Waals surface area contributed by atoms with E-state index in [1.165, 1.54) is 0 Å². The average Bonchev–Trinajstić information content (AvgIpc) is 2.67. The number of carboxylic acids is 1. The van der Waals surface area contributed by atoms with Crippen LogP contribution in [0.15, 0.2) is 11.4 Å². The van der Waals surface area contributed by atoms with Crippen molar-refractivity contribution in [2.24, 2.45) is 5.41 Å². The summed E-state index contributed by atoms with van der Waals surface area (Å²) in [5, 5.41) is 16.2. The molecule has 1 atom stereocenters. The first-order chi connectivity index (χ1) is 8.71. The molecule has 19 heavy (non-hydrogen) atoms. The van der Waals surface area contributed by atoms with E-state index in [-0.39, 0.29) is 0 Å². The average molecular weight is 284 g/mol. The maximum atomic E-state index is 11.7. The lowest BCUT2D eigenvalue weighted by atomic mass is 9.87. The Kier molecular flexibility index (Phi) is 4.94. The van der Waals surface area contributed by atoms with E-state index in [4.69, 9.17) is 5.11 Å². The number of hydrogen-bond acceptors (Lipinski definition) is 3. The lowest BCUT2D eigenvalue weighted by Gasteiger charge is -2.27. The number of aliphatic carboxylic acids is 1. The van der Waals surface area contributed by atoms with Crippen LogP contribution in [0.5, 0.6) is 0 Å². The van der Waals surface area contributed by atoms with Gasteiger partial charge in [0.2, 0.25) is 0 Å². The van der Waals surface area contributed by atoms with Crippen LogP contribution in [0.2, 0.25) is 0 Å². The summed E-state index contributed by atoms with van der Waals surface area (Å²) in [6.45, 7) is 7.70. The molecule has 6 heteroatoms. The van der Waals surface area contributed by atoms with Crippen LogP contribution in [0, 0.1) is 12.3 Å². The van der Waals surface area contributed by atoms with E-state index in [0.717, 1.165) is 10.4 Å². The van der Waals surface area contributed by atoms with Crippen LogP contribution in [-0.2, 0) is 11.3 Å². The van der Waals surface area contributed by atoms with Crippen molar-refractivity contribution >= 4 is 23.3 Å². The summed E-state index contributed by atoms with van der Waals surface area (Å²) in [4.78, 5) is 23.9. The van der Waals surface area contributed by atoms with E-state index < -0.39 is 23.5 Å². The molecule has 0 aromatic carbocycles. The van der Waals surface area contributed by atoms with Crippen LogP contribution in [-0.4, -0.2) is 23.1 Å². The predicted octanol–water partition coefficient (Wildman–Crippen LogP) is 2.36. The molecule has 0 spiro atoms. The van der Waals surface area contributed by atoms with Crippen molar-refractivity contribution in [3.8, 4) is 0 Å². The number of hydrogen-bond donors (Lipinski definition) is 3. The second kappa shape index (κ2) is 6.06.